The average molecular weight is 342 g/mol. The largest absolute Gasteiger partial charge is 0.511 e. The lowest BCUT2D eigenvalue weighted by Crippen LogP contribution is -2.56. The molecule has 0 aliphatic rings. The molecule has 9 heteroatoms. The highest BCUT2D eigenvalue weighted by Gasteiger charge is 2.36. The van der Waals surface area contributed by atoms with Gasteiger partial charge in [-0.05, 0) is 31.5 Å². The summed E-state index contributed by atoms with van der Waals surface area (Å²) < 4.78 is 14.4. The third-order valence-electron chi connectivity index (χ3n) is 3.16. The monoisotopic (exact) mass is 342 g/mol. The van der Waals surface area contributed by atoms with Crippen molar-refractivity contribution in [3.8, 4) is 11.5 Å². The van der Waals surface area contributed by atoms with Crippen molar-refractivity contribution >= 4 is 12.1 Å². The number of carbonyl (C=O) groups is 2. The molecule has 0 aromatic heterocycles. The number of carbonyl (C=O) groups excluding carboxylic acids is 2. The second-order valence-electron chi connectivity index (χ2n) is 5.25. The number of rotatable bonds is 7. The molecule has 1 rings (SSSR count). The summed E-state index contributed by atoms with van der Waals surface area (Å²) in [7, 11) is 0. The van der Waals surface area contributed by atoms with Crippen LogP contribution in [0.4, 0.5) is 4.79 Å². The molecule has 0 aliphatic heterocycles. The van der Waals surface area contributed by atoms with Gasteiger partial charge in [-0.25, -0.2) is 15.0 Å². The predicted octanol–water partition coefficient (Wildman–Crippen LogP) is 0.925. The zero-order valence-corrected chi connectivity index (χ0v) is 13.7. The molecular formula is C15H22N2O7. The Balaban J connectivity index is 2.75. The normalized spacial score (nSPS) is 14.3. The Morgan fingerprint density at radius 2 is 1.96 bits per heavy atom. The predicted molar refractivity (Wildman–Crippen MR) is 82.9 cm³/mol. The van der Waals surface area contributed by atoms with Gasteiger partial charge in [0, 0.05) is 13.3 Å². The maximum absolute atomic E-state index is 12.3. The van der Waals surface area contributed by atoms with Crippen molar-refractivity contribution in [3.63, 3.8) is 0 Å². The van der Waals surface area contributed by atoms with Gasteiger partial charge in [-0.2, -0.15) is 0 Å². The molecule has 9 nitrogen and oxygen atoms in total. The van der Waals surface area contributed by atoms with Crippen molar-refractivity contribution in [2.75, 3.05) is 6.61 Å². The van der Waals surface area contributed by atoms with Crippen molar-refractivity contribution in [2.24, 2.45) is 5.84 Å². The molecule has 0 aliphatic carbocycles. The SMILES string of the molecule is CCOC(=O)O[C@@H](C)OC(=O)[C@](C)(Cc1ccc(O)c(O)c1)NN. The van der Waals surface area contributed by atoms with E-state index in [-0.39, 0.29) is 24.5 Å². The molecular weight excluding hydrogens is 320 g/mol. The number of nitrogens with two attached hydrogens (primary N) is 1. The highest BCUT2D eigenvalue weighted by atomic mass is 16.8. The molecule has 0 bridgehead atoms. The molecule has 1 aromatic carbocycles. The van der Waals surface area contributed by atoms with E-state index < -0.39 is 24.0 Å². The first kappa shape index (κ1) is 19.5. The first-order chi connectivity index (χ1) is 11.2. The number of hydrogen-bond acceptors (Lipinski definition) is 9. The molecule has 0 spiro atoms. The summed E-state index contributed by atoms with van der Waals surface area (Å²) >= 11 is 0. The van der Waals surface area contributed by atoms with Gasteiger partial charge in [-0.3, -0.25) is 5.84 Å². The third kappa shape index (κ3) is 5.28. The minimum Gasteiger partial charge on any atom is -0.504 e. The van der Waals surface area contributed by atoms with E-state index in [2.05, 4.69) is 10.2 Å². The lowest BCUT2D eigenvalue weighted by molar-refractivity contribution is -0.175. The first-order valence-electron chi connectivity index (χ1n) is 7.25. The summed E-state index contributed by atoms with van der Waals surface area (Å²) in [5, 5.41) is 18.8. The maximum Gasteiger partial charge on any atom is 0.511 e. The number of aromatic hydroxyl groups is 2. The van der Waals surface area contributed by atoms with Crippen molar-refractivity contribution in [3.05, 3.63) is 23.8 Å². The summed E-state index contributed by atoms with van der Waals surface area (Å²) in [5.74, 6) is 4.09. The standard InChI is InChI=1S/C15H22N2O7/c1-4-22-14(21)24-9(2)23-13(20)15(3,17-16)8-10-5-6-11(18)12(19)7-10/h5-7,9,17-19H,4,8,16H2,1-3H3/t9-,15-/m0/s1. The van der Waals surface area contributed by atoms with Crippen LogP contribution >= 0.6 is 0 Å². The number of ether oxygens (including phenoxy) is 3. The topological polar surface area (TPSA) is 140 Å². The van der Waals surface area contributed by atoms with Gasteiger partial charge in [0.25, 0.3) is 0 Å². The third-order valence-corrected chi connectivity index (χ3v) is 3.16. The van der Waals surface area contributed by atoms with E-state index in [1.165, 1.54) is 32.0 Å². The van der Waals surface area contributed by atoms with Crippen LogP contribution in [0, 0.1) is 0 Å². The van der Waals surface area contributed by atoms with Gasteiger partial charge in [0.2, 0.25) is 6.29 Å². The van der Waals surface area contributed by atoms with Gasteiger partial charge >= 0.3 is 12.1 Å². The van der Waals surface area contributed by atoms with E-state index in [0.29, 0.717) is 5.56 Å². The van der Waals surface area contributed by atoms with Crippen LogP contribution in [-0.2, 0) is 25.4 Å². The Labute approximate surface area is 139 Å². The first-order valence-corrected chi connectivity index (χ1v) is 7.25. The van der Waals surface area contributed by atoms with Crippen LogP contribution in [0.25, 0.3) is 0 Å². The van der Waals surface area contributed by atoms with Gasteiger partial charge in [0.1, 0.15) is 5.54 Å². The average Bonchev–Trinajstić information content (AvgIpc) is 2.50. The Kier molecular flexibility index (Phi) is 6.81. The van der Waals surface area contributed by atoms with Crippen LogP contribution in [0.15, 0.2) is 18.2 Å². The minimum atomic E-state index is -1.35. The molecule has 0 amide bonds. The van der Waals surface area contributed by atoms with Crippen molar-refractivity contribution in [1.82, 2.24) is 5.43 Å². The number of phenolic OH excluding ortho intramolecular Hbond substituents is 2. The van der Waals surface area contributed by atoms with E-state index in [4.69, 9.17) is 15.3 Å². The fourth-order valence-corrected chi connectivity index (χ4v) is 1.86. The van der Waals surface area contributed by atoms with Crippen molar-refractivity contribution < 1.29 is 34.0 Å². The Hall–Kier alpha value is -2.52. The molecule has 0 saturated carbocycles. The minimum absolute atomic E-state index is 0.0578. The number of benzene rings is 1. The second kappa shape index (κ2) is 8.37. The summed E-state index contributed by atoms with van der Waals surface area (Å²) in [5.41, 5.74) is 1.53. The van der Waals surface area contributed by atoms with E-state index >= 15 is 0 Å². The molecule has 5 N–H and O–H groups in total. The lowest BCUT2D eigenvalue weighted by Gasteiger charge is -2.28. The smallest absolute Gasteiger partial charge is 0.504 e. The lowest BCUT2D eigenvalue weighted by atomic mass is 9.93. The second-order valence-corrected chi connectivity index (χ2v) is 5.25. The van der Waals surface area contributed by atoms with E-state index in [1.54, 1.807) is 6.92 Å². The van der Waals surface area contributed by atoms with Gasteiger partial charge in [-0.15, -0.1) is 0 Å². The number of phenols is 2. The maximum atomic E-state index is 12.3. The van der Waals surface area contributed by atoms with Gasteiger partial charge in [-0.1, -0.05) is 6.07 Å². The summed E-state index contributed by atoms with van der Waals surface area (Å²) in [6.45, 7) is 4.58. The molecule has 2 atom stereocenters. The van der Waals surface area contributed by atoms with Crippen LogP contribution in [-0.4, -0.2) is 40.8 Å². The zero-order valence-electron chi connectivity index (χ0n) is 13.7. The van der Waals surface area contributed by atoms with Gasteiger partial charge in [0.05, 0.1) is 6.61 Å². The highest BCUT2D eigenvalue weighted by Crippen LogP contribution is 2.27. The van der Waals surface area contributed by atoms with Crippen molar-refractivity contribution in [1.29, 1.82) is 0 Å². The summed E-state index contributed by atoms with van der Waals surface area (Å²) in [4.78, 5) is 23.5. The van der Waals surface area contributed by atoms with Crippen LogP contribution in [0.1, 0.15) is 26.3 Å². The Morgan fingerprint density at radius 3 is 2.50 bits per heavy atom. The molecule has 0 unspecified atom stereocenters. The molecule has 0 heterocycles. The van der Waals surface area contributed by atoms with Crippen LogP contribution < -0.4 is 11.3 Å². The molecule has 0 radical (unpaired) electrons. The molecule has 24 heavy (non-hydrogen) atoms. The Morgan fingerprint density at radius 1 is 1.29 bits per heavy atom. The fourth-order valence-electron chi connectivity index (χ4n) is 1.86. The summed E-state index contributed by atoms with van der Waals surface area (Å²) in [6.07, 6.45) is -2.07. The number of hydrazine groups is 1. The van der Waals surface area contributed by atoms with Crippen LogP contribution in [0.5, 0.6) is 11.5 Å². The quantitative estimate of drug-likeness (QED) is 0.187. The van der Waals surface area contributed by atoms with Crippen LogP contribution in [0.3, 0.4) is 0 Å². The van der Waals surface area contributed by atoms with E-state index in [0.717, 1.165) is 0 Å². The number of nitrogens with one attached hydrogen (secondary N) is 1. The van der Waals surface area contributed by atoms with Crippen molar-refractivity contribution in [2.45, 2.75) is 39.0 Å². The molecule has 1 aromatic rings. The molecule has 0 saturated heterocycles. The molecule has 0 fully saturated rings. The Bertz CT molecular complexity index is 593. The fraction of sp³-hybridized carbons (Fsp3) is 0.467. The summed E-state index contributed by atoms with van der Waals surface area (Å²) in [6, 6.07) is 4.12. The highest BCUT2D eigenvalue weighted by molar-refractivity contribution is 5.81. The zero-order chi connectivity index (χ0) is 18.3. The number of hydrogen-bond donors (Lipinski definition) is 4. The van der Waals surface area contributed by atoms with E-state index in [9.17, 15) is 19.8 Å². The van der Waals surface area contributed by atoms with Gasteiger partial charge in [0.15, 0.2) is 11.5 Å². The molecule has 134 valence electrons. The van der Waals surface area contributed by atoms with Gasteiger partial charge < -0.3 is 24.4 Å². The van der Waals surface area contributed by atoms with E-state index in [1.807, 2.05) is 0 Å². The van der Waals surface area contributed by atoms with Crippen LogP contribution in [0.2, 0.25) is 0 Å². The number of esters is 1.